The van der Waals surface area contributed by atoms with Crippen molar-refractivity contribution in [3.63, 3.8) is 0 Å². The summed E-state index contributed by atoms with van der Waals surface area (Å²) in [5.74, 6) is 1.19. The van der Waals surface area contributed by atoms with E-state index in [1.165, 1.54) is 18.9 Å². The third-order valence-electron chi connectivity index (χ3n) is 3.20. The van der Waals surface area contributed by atoms with E-state index in [4.69, 9.17) is 20.8 Å². The van der Waals surface area contributed by atoms with Crippen LogP contribution in [0.25, 0.3) is 11.5 Å². The Kier molecular flexibility index (Phi) is 5.57. The highest BCUT2D eigenvalue weighted by Crippen LogP contribution is 2.28. The van der Waals surface area contributed by atoms with E-state index in [2.05, 4.69) is 15.5 Å². The van der Waals surface area contributed by atoms with E-state index < -0.39 is 0 Å². The van der Waals surface area contributed by atoms with E-state index >= 15 is 0 Å². The van der Waals surface area contributed by atoms with Crippen molar-refractivity contribution in [3.05, 3.63) is 53.8 Å². The number of nitrogens with one attached hydrogen (secondary N) is 1. The standard InChI is InChI=1S/C17H14ClN3O3S/c1-23-14-6-4-11(18)9-13(14)19-16(22)10-25-17-7-5-12(20-21-17)15-3-2-8-24-15/h2-9H,10H2,1H3,(H,19,22). The Hall–Kier alpha value is -2.51. The molecule has 1 N–H and O–H groups in total. The summed E-state index contributed by atoms with van der Waals surface area (Å²) in [6.45, 7) is 0. The number of ether oxygens (including phenoxy) is 1. The molecule has 128 valence electrons. The highest BCUT2D eigenvalue weighted by molar-refractivity contribution is 7.99. The molecule has 0 fully saturated rings. The molecular formula is C17H14ClN3O3S. The van der Waals surface area contributed by atoms with Gasteiger partial charge in [-0.2, -0.15) is 0 Å². The van der Waals surface area contributed by atoms with Crippen LogP contribution >= 0.6 is 23.4 Å². The van der Waals surface area contributed by atoms with Gasteiger partial charge in [-0.15, -0.1) is 10.2 Å². The summed E-state index contributed by atoms with van der Waals surface area (Å²) in [6.07, 6.45) is 1.58. The van der Waals surface area contributed by atoms with Crippen LogP contribution in [0.3, 0.4) is 0 Å². The monoisotopic (exact) mass is 375 g/mol. The number of benzene rings is 1. The lowest BCUT2D eigenvalue weighted by Gasteiger charge is -2.10. The third kappa shape index (κ3) is 4.52. The second kappa shape index (κ2) is 8.04. The number of nitrogens with zero attached hydrogens (tertiary/aromatic N) is 2. The first-order valence-corrected chi connectivity index (χ1v) is 8.66. The van der Waals surface area contributed by atoms with E-state index in [9.17, 15) is 4.79 Å². The number of anilines is 1. The molecule has 0 unspecified atom stereocenters. The largest absolute Gasteiger partial charge is 0.495 e. The molecule has 6 nitrogen and oxygen atoms in total. The third-order valence-corrected chi connectivity index (χ3v) is 4.36. The van der Waals surface area contributed by atoms with Gasteiger partial charge in [0.1, 0.15) is 16.5 Å². The molecule has 2 heterocycles. The second-order valence-corrected chi connectivity index (χ2v) is 6.35. The number of halogens is 1. The van der Waals surface area contributed by atoms with E-state index in [1.54, 1.807) is 42.7 Å². The number of carbonyl (C=O) groups excluding carboxylic acids is 1. The molecule has 3 aromatic rings. The maximum Gasteiger partial charge on any atom is 0.234 e. The smallest absolute Gasteiger partial charge is 0.234 e. The minimum absolute atomic E-state index is 0.185. The zero-order valence-corrected chi connectivity index (χ0v) is 14.8. The summed E-state index contributed by atoms with van der Waals surface area (Å²) >= 11 is 7.23. The lowest BCUT2D eigenvalue weighted by molar-refractivity contribution is -0.113. The highest BCUT2D eigenvalue weighted by atomic mass is 35.5. The van der Waals surface area contributed by atoms with Gasteiger partial charge in [0.05, 0.1) is 24.8 Å². The van der Waals surface area contributed by atoms with Gasteiger partial charge in [-0.3, -0.25) is 4.79 Å². The molecule has 0 aliphatic carbocycles. The molecule has 0 radical (unpaired) electrons. The average Bonchev–Trinajstić information content (AvgIpc) is 3.15. The van der Waals surface area contributed by atoms with Crippen LogP contribution in [0.4, 0.5) is 5.69 Å². The van der Waals surface area contributed by atoms with Crippen LogP contribution in [0.15, 0.2) is 58.2 Å². The summed E-state index contributed by atoms with van der Waals surface area (Å²) in [4.78, 5) is 12.1. The Morgan fingerprint density at radius 1 is 1.28 bits per heavy atom. The first-order valence-electron chi connectivity index (χ1n) is 7.29. The number of hydrogen-bond donors (Lipinski definition) is 1. The highest BCUT2D eigenvalue weighted by Gasteiger charge is 2.10. The number of methoxy groups -OCH3 is 1. The van der Waals surface area contributed by atoms with Crippen LogP contribution in [0.2, 0.25) is 5.02 Å². The molecule has 3 rings (SSSR count). The Balaban J connectivity index is 1.58. The molecule has 25 heavy (non-hydrogen) atoms. The van der Waals surface area contributed by atoms with E-state index in [1.807, 2.05) is 6.07 Å². The fraction of sp³-hybridized carbons (Fsp3) is 0.118. The summed E-state index contributed by atoms with van der Waals surface area (Å²) in [7, 11) is 1.53. The zero-order valence-electron chi connectivity index (χ0n) is 13.2. The lowest BCUT2D eigenvalue weighted by atomic mass is 10.3. The van der Waals surface area contributed by atoms with Gasteiger partial charge in [-0.05, 0) is 42.5 Å². The topological polar surface area (TPSA) is 77.2 Å². The number of amides is 1. The van der Waals surface area contributed by atoms with Crippen LogP contribution in [-0.2, 0) is 4.79 Å². The first kappa shape index (κ1) is 17.3. The maximum atomic E-state index is 12.1. The van der Waals surface area contributed by atoms with Crippen molar-refractivity contribution < 1.29 is 13.9 Å². The van der Waals surface area contributed by atoms with Gasteiger partial charge < -0.3 is 14.5 Å². The normalized spacial score (nSPS) is 10.5. The molecule has 2 aromatic heterocycles. The molecule has 0 aliphatic rings. The first-order chi connectivity index (χ1) is 12.2. The van der Waals surface area contributed by atoms with Crippen molar-refractivity contribution in [3.8, 4) is 17.2 Å². The van der Waals surface area contributed by atoms with Gasteiger partial charge in [0, 0.05) is 5.02 Å². The fourth-order valence-electron chi connectivity index (χ4n) is 2.06. The molecule has 0 spiro atoms. The molecule has 0 saturated carbocycles. The van der Waals surface area contributed by atoms with Gasteiger partial charge in [0.25, 0.3) is 0 Å². The predicted octanol–water partition coefficient (Wildman–Crippen LogP) is 4.13. The van der Waals surface area contributed by atoms with Crippen molar-refractivity contribution >= 4 is 35.0 Å². The predicted molar refractivity (Wildman–Crippen MR) is 97.1 cm³/mol. The molecule has 0 saturated heterocycles. The minimum Gasteiger partial charge on any atom is -0.495 e. The quantitative estimate of drug-likeness (QED) is 0.653. The molecule has 1 amide bonds. The van der Waals surface area contributed by atoms with Crippen LogP contribution < -0.4 is 10.1 Å². The number of thioether (sulfide) groups is 1. The van der Waals surface area contributed by atoms with E-state index in [-0.39, 0.29) is 11.7 Å². The Morgan fingerprint density at radius 3 is 2.84 bits per heavy atom. The number of carbonyl (C=O) groups is 1. The number of furan rings is 1. The van der Waals surface area contributed by atoms with Crippen LogP contribution in [0.5, 0.6) is 5.75 Å². The molecule has 0 atom stereocenters. The molecule has 0 bridgehead atoms. The van der Waals surface area contributed by atoms with E-state index in [0.29, 0.717) is 32.9 Å². The maximum absolute atomic E-state index is 12.1. The molecule has 0 aliphatic heterocycles. The van der Waals surface area contributed by atoms with Crippen molar-refractivity contribution in [2.24, 2.45) is 0 Å². The zero-order chi connectivity index (χ0) is 17.6. The van der Waals surface area contributed by atoms with Gasteiger partial charge in [-0.25, -0.2) is 0 Å². The number of rotatable bonds is 6. The van der Waals surface area contributed by atoms with Gasteiger partial charge in [-0.1, -0.05) is 23.4 Å². The van der Waals surface area contributed by atoms with Crippen molar-refractivity contribution in [1.29, 1.82) is 0 Å². The van der Waals surface area contributed by atoms with Crippen LogP contribution in [0.1, 0.15) is 0 Å². The van der Waals surface area contributed by atoms with E-state index in [0.717, 1.165) is 0 Å². The fourth-order valence-corrected chi connectivity index (χ4v) is 2.84. The summed E-state index contributed by atoms with van der Waals surface area (Å²) in [5.41, 5.74) is 1.17. The summed E-state index contributed by atoms with van der Waals surface area (Å²) in [5, 5.41) is 12.1. The Morgan fingerprint density at radius 2 is 2.16 bits per heavy atom. The SMILES string of the molecule is COc1ccc(Cl)cc1NC(=O)CSc1ccc(-c2ccco2)nn1. The average molecular weight is 376 g/mol. The Bertz CT molecular complexity index is 854. The minimum atomic E-state index is -0.192. The van der Waals surface area contributed by atoms with Crippen LogP contribution in [-0.4, -0.2) is 29.0 Å². The van der Waals surface area contributed by atoms with Gasteiger partial charge in [0.2, 0.25) is 5.91 Å². The Labute approximate surface area is 153 Å². The summed E-state index contributed by atoms with van der Waals surface area (Å²) in [6, 6.07) is 12.2. The summed E-state index contributed by atoms with van der Waals surface area (Å²) < 4.78 is 10.5. The van der Waals surface area contributed by atoms with Crippen LogP contribution in [0, 0.1) is 0 Å². The lowest BCUT2D eigenvalue weighted by Crippen LogP contribution is -2.14. The van der Waals surface area contributed by atoms with Crippen molar-refractivity contribution in [2.45, 2.75) is 5.03 Å². The van der Waals surface area contributed by atoms with Gasteiger partial charge in [0.15, 0.2) is 5.76 Å². The van der Waals surface area contributed by atoms with Gasteiger partial charge >= 0.3 is 0 Å². The molecule has 1 aromatic carbocycles. The molecule has 8 heteroatoms. The molecular weight excluding hydrogens is 362 g/mol. The number of aromatic nitrogens is 2. The van der Waals surface area contributed by atoms with Crippen molar-refractivity contribution in [1.82, 2.24) is 10.2 Å². The van der Waals surface area contributed by atoms with Crippen molar-refractivity contribution in [2.75, 3.05) is 18.2 Å². The number of hydrogen-bond acceptors (Lipinski definition) is 6. The second-order valence-electron chi connectivity index (χ2n) is 4.92.